The Morgan fingerprint density at radius 3 is 0.697 bits per heavy atom. The fourth-order valence-corrected chi connectivity index (χ4v) is 1.38. The molecule has 0 aliphatic heterocycles. The summed E-state index contributed by atoms with van der Waals surface area (Å²) in [5.41, 5.74) is 4.50. The van der Waals surface area contributed by atoms with E-state index in [1.165, 1.54) is 92.2 Å². The molecule has 10 N–H and O–H groups in total. The van der Waals surface area contributed by atoms with Gasteiger partial charge in [-0.2, -0.15) is 0 Å². The lowest BCUT2D eigenvalue weighted by Crippen LogP contribution is -2.26. The fraction of sp³-hybridized carbons (Fsp3) is 0.722. The zero-order chi connectivity index (χ0) is 52.7. The molecule has 0 rings (SSSR count). The summed E-state index contributed by atoms with van der Waals surface area (Å²) in [6, 6.07) is 0. The first kappa shape index (κ1) is 90.9. The van der Waals surface area contributed by atoms with Crippen LogP contribution in [0, 0.1) is 0 Å². The number of hydrogen-bond donors (Lipinski definition) is 9. The highest BCUT2D eigenvalue weighted by atomic mass is 16.6. The third kappa shape index (κ3) is 118. The lowest BCUT2D eigenvalue weighted by Gasteiger charge is -2.01. The number of rotatable bonds is 16. The largest absolute Gasteiger partial charge is 0.467 e. The van der Waals surface area contributed by atoms with Gasteiger partial charge in [0.15, 0.2) is 13.2 Å². The van der Waals surface area contributed by atoms with Crippen LogP contribution < -0.4 is 21.7 Å². The Bertz CT molecular complexity index is 977. The number of amides is 3. The van der Waals surface area contributed by atoms with Crippen LogP contribution in [0.2, 0.25) is 0 Å². The van der Waals surface area contributed by atoms with E-state index in [0.717, 1.165) is 7.11 Å². The van der Waals surface area contributed by atoms with Crippen molar-refractivity contribution in [2.75, 3.05) is 165 Å². The second-order valence-corrected chi connectivity index (χ2v) is 8.59. The smallest absolute Gasteiger partial charge is 0.344 e. The van der Waals surface area contributed by atoms with Crippen LogP contribution in [-0.2, 0) is 100 Å². The van der Waals surface area contributed by atoms with Crippen LogP contribution >= 0.6 is 0 Å². The third-order valence-electron chi connectivity index (χ3n) is 4.28. The molecule has 66 heavy (non-hydrogen) atoms. The van der Waals surface area contributed by atoms with Crippen LogP contribution in [-0.4, -0.2) is 250 Å². The van der Waals surface area contributed by atoms with Gasteiger partial charge in [0.05, 0.1) is 35.5 Å². The summed E-state index contributed by atoms with van der Waals surface area (Å²) in [5, 5.41) is 45.3. The molecule has 0 aliphatic carbocycles. The summed E-state index contributed by atoms with van der Waals surface area (Å²) in [6.07, 6.45) is 0. The highest BCUT2D eigenvalue weighted by molar-refractivity contribution is 5.80. The number of ether oxygens (including phenoxy) is 11. The van der Waals surface area contributed by atoms with Gasteiger partial charge in [-0.3, -0.25) is 14.4 Å². The van der Waals surface area contributed by atoms with Gasteiger partial charge in [0.2, 0.25) is 11.8 Å². The van der Waals surface area contributed by atoms with Crippen molar-refractivity contribution in [2.24, 2.45) is 5.73 Å². The van der Waals surface area contributed by atoms with E-state index in [-0.39, 0.29) is 84.2 Å². The maximum Gasteiger partial charge on any atom is 0.344 e. The lowest BCUT2D eigenvalue weighted by molar-refractivity contribution is -0.159. The lowest BCUT2D eigenvalue weighted by atomic mass is 10.6. The number of likely N-dealkylation sites (N-methyl/N-ethyl adjacent to an activating group) is 3. The Morgan fingerprint density at radius 1 is 0.348 bits per heavy atom. The molecule has 30 nitrogen and oxygen atoms in total. The number of aliphatic hydroxyl groups is 5. The van der Waals surface area contributed by atoms with E-state index in [0.29, 0.717) is 0 Å². The van der Waals surface area contributed by atoms with Gasteiger partial charge >= 0.3 is 41.8 Å². The molecule has 0 aromatic heterocycles. The molecule has 0 atom stereocenters. The van der Waals surface area contributed by atoms with Gasteiger partial charge in [-0.15, -0.1) is 0 Å². The van der Waals surface area contributed by atoms with Crippen molar-refractivity contribution in [3.8, 4) is 0 Å². The molecule has 0 aromatic carbocycles. The van der Waals surface area contributed by atoms with Crippen LogP contribution in [0.3, 0.4) is 0 Å². The Morgan fingerprint density at radius 2 is 0.561 bits per heavy atom. The average molecular weight is 985 g/mol. The summed E-state index contributed by atoms with van der Waals surface area (Å²) < 4.78 is 47.3. The summed E-state index contributed by atoms with van der Waals surface area (Å²) in [4.78, 5) is 101. The number of aliphatic hydroxyl groups excluding tert-OH is 5. The molecule has 400 valence electrons. The minimum absolute atomic E-state index is 0. The summed E-state index contributed by atoms with van der Waals surface area (Å²) in [7, 11) is 18.8. The second kappa shape index (κ2) is 86.4. The molecule has 0 unspecified atom stereocenters. The molecule has 3 amide bonds. The first-order valence-electron chi connectivity index (χ1n) is 17.0. The van der Waals surface area contributed by atoms with Gasteiger partial charge in [0.1, 0.15) is 52.9 Å². The van der Waals surface area contributed by atoms with Gasteiger partial charge in [-0.25, -0.2) is 33.6 Å². The van der Waals surface area contributed by atoms with Crippen molar-refractivity contribution in [3.05, 3.63) is 0 Å². The van der Waals surface area contributed by atoms with Crippen molar-refractivity contribution < 1.29 is 126 Å². The monoisotopic (exact) mass is 985 g/mol. The molecular formula is C36H80N4O26. The van der Waals surface area contributed by atoms with Crippen molar-refractivity contribution >= 4 is 59.5 Å². The highest BCUT2D eigenvalue weighted by Gasteiger charge is 2.06. The minimum atomic E-state index is -0.602. The predicted molar refractivity (Wildman–Crippen MR) is 232 cm³/mol. The predicted octanol–water partition coefficient (Wildman–Crippen LogP) is -5.91. The SMILES string of the molecule is C.C.CN.CNC(=O)CO.CNC(=O)CO.CNC(=O)COC(=O)COC.CO.COC(=O)CO.COC(=O)CO.COCC(=O)OC.COCC(=O)OC.COCC(=O)OCC(=O)OC. The quantitative estimate of drug-likeness (QED) is 0.0513. The van der Waals surface area contributed by atoms with E-state index in [1.54, 1.807) is 0 Å². The number of carbonyl (C=O) groups is 10. The standard InChI is InChI=1S/C6H11NO4.C6H10O5.2C4H8O3.2C3H7NO2.2C3H6O3.CH5N.CH4O.2CH4/c1-7-5(8)3-11-6(9)4-10-2;1-9-3-6(8)11-4-5(7)10-2;2*1-6-3-4(5)7-2;2*1-4-3(6)2-5;2*1-6-3(5)2-4;2*1-2;;/h3-4H2,1-2H3,(H,7,8);3-4H2,1-2H3;2*3H2,1-2H3;2*5H,2H2,1H3,(H,4,6);2*4H,2H2,1H3;2H2,1H3;2H,1H3;2*1H4. The molecule has 0 saturated heterocycles. The maximum atomic E-state index is 10.5. The summed E-state index contributed by atoms with van der Waals surface area (Å²) in [5.74, 6) is -4.65. The number of esters is 7. The fourth-order valence-electron chi connectivity index (χ4n) is 1.38. The van der Waals surface area contributed by atoms with Crippen molar-refractivity contribution in [1.29, 1.82) is 0 Å². The third-order valence-corrected chi connectivity index (χ3v) is 4.28. The molecule has 0 heterocycles. The van der Waals surface area contributed by atoms with Crippen LogP contribution in [0.1, 0.15) is 14.9 Å². The van der Waals surface area contributed by atoms with E-state index in [2.05, 4.69) is 73.8 Å². The summed E-state index contributed by atoms with van der Waals surface area (Å²) in [6.45, 7) is -2.72. The van der Waals surface area contributed by atoms with E-state index >= 15 is 0 Å². The van der Waals surface area contributed by atoms with E-state index < -0.39 is 56.3 Å². The van der Waals surface area contributed by atoms with Gasteiger partial charge in [-0.1, -0.05) is 14.9 Å². The molecule has 0 bridgehead atoms. The van der Waals surface area contributed by atoms with Gasteiger partial charge in [-0.05, 0) is 7.05 Å². The highest BCUT2D eigenvalue weighted by Crippen LogP contribution is 1.82. The molecule has 0 fully saturated rings. The first-order chi connectivity index (χ1) is 30.3. The van der Waals surface area contributed by atoms with Gasteiger partial charge < -0.3 is 99.3 Å². The molecule has 0 aromatic rings. The Labute approximate surface area is 386 Å². The molecule has 0 saturated carbocycles. The van der Waals surface area contributed by atoms with E-state index in [1.807, 2.05) is 0 Å². The number of hydrogen-bond acceptors (Lipinski definition) is 27. The van der Waals surface area contributed by atoms with Gasteiger partial charge in [0.25, 0.3) is 5.91 Å². The zero-order valence-corrected chi connectivity index (χ0v) is 39.0. The van der Waals surface area contributed by atoms with Crippen molar-refractivity contribution in [2.45, 2.75) is 14.9 Å². The number of methoxy groups -OCH3 is 9. The topological polar surface area (TPSA) is 435 Å². The molecule has 30 heteroatoms. The van der Waals surface area contributed by atoms with E-state index in [4.69, 9.17) is 25.5 Å². The number of carbonyl (C=O) groups excluding carboxylic acids is 10. The minimum Gasteiger partial charge on any atom is -0.467 e. The average Bonchev–Trinajstić information content (AvgIpc) is 3.34. The van der Waals surface area contributed by atoms with Crippen molar-refractivity contribution in [1.82, 2.24) is 16.0 Å². The first-order valence-corrected chi connectivity index (χ1v) is 17.0. The number of nitrogens with two attached hydrogens (primary N) is 1. The molecular weight excluding hydrogens is 904 g/mol. The Kier molecular flexibility index (Phi) is 119. The summed E-state index contributed by atoms with van der Waals surface area (Å²) >= 11 is 0. The molecule has 0 spiro atoms. The van der Waals surface area contributed by atoms with Gasteiger partial charge in [0, 0.05) is 56.7 Å². The van der Waals surface area contributed by atoms with Crippen molar-refractivity contribution in [3.63, 3.8) is 0 Å². The van der Waals surface area contributed by atoms with Crippen LogP contribution in [0.4, 0.5) is 0 Å². The molecule has 0 radical (unpaired) electrons. The second-order valence-electron chi connectivity index (χ2n) is 8.59. The Balaban J connectivity index is -0.0000000503. The normalized spacial score (nSPS) is 7.70. The van der Waals surface area contributed by atoms with Crippen LogP contribution in [0.25, 0.3) is 0 Å². The maximum absolute atomic E-state index is 10.5. The Hall–Kier alpha value is -5.70. The van der Waals surface area contributed by atoms with E-state index in [9.17, 15) is 47.9 Å². The van der Waals surface area contributed by atoms with Crippen LogP contribution in [0.15, 0.2) is 0 Å². The van der Waals surface area contributed by atoms with Crippen LogP contribution in [0.5, 0.6) is 0 Å². The molecule has 0 aliphatic rings. The zero-order valence-electron chi connectivity index (χ0n) is 39.0. The number of nitrogens with one attached hydrogen (secondary N) is 3.